The van der Waals surface area contributed by atoms with E-state index in [1.54, 1.807) is 0 Å². The lowest BCUT2D eigenvalue weighted by Crippen LogP contribution is -2.35. The van der Waals surface area contributed by atoms with Crippen molar-refractivity contribution in [1.82, 2.24) is 39.0 Å². The molecule has 0 saturated heterocycles. The van der Waals surface area contributed by atoms with Gasteiger partial charge in [0.05, 0.1) is 22.1 Å². The van der Waals surface area contributed by atoms with Crippen LogP contribution in [0.15, 0.2) is 255 Å². The maximum Gasteiger partial charge on any atom is 0.163 e. The van der Waals surface area contributed by atoms with Crippen LogP contribution in [0, 0.1) is 0 Å². The summed E-state index contributed by atoms with van der Waals surface area (Å²) in [6.45, 7) is 0. The first-order chi connectivity index (χ1) is 37.2. The third-order valence-electron chi connectivity index (χ3n) is 14.9. The molecule has 0 bridgehead atoms. The highest BCUT2D eigenvalue weighted by atomic mass is 15.1. The summed E-state index contributed by atoms with van der Waals surface area (Å²) in [6.07, 6.45) is 0. The number of rotatable bonds is 8. The molecule has 14 aromatic rings. The maximum absolute atomic E-state index is 5.71. The van der Waals surface area contributed by atoms with Gasteiger partial charge in [-0.2, -0.15) is 0 Å². The van der Waals surface area contributed by atoms with Crippen LogP contribution in [-0.2, 0) is 5.41 Å². The Balaban J connectivity index is 1.13. The van der Waals surface area contributed by atoms with Crippen molar-refractivity contribution in [2.45, 2.75) is 5.41 Å². The zero-order chi connectivity index (χ0) is 49.5. The molecule has 0 unspecified atom stereocenters. The van der Waals surface area contributed by atoms with Gasteiger partial charge in [0.25, 0.3) is 0 Å². The van der Waals surface area contributed by atoms with E-state index in [0.29, 0.717) is 34.9 Å². The molecule has 350 valence electrons. The number of benzene rings is 10. The average molecular weight is 959 g/mol. The van der Waals surface area contributed by atoms with E-state index in [0.717, 1.165) is 77.9 Å². The van der Waals surface area contributed by atoms with Gasteiger partial charge < -0.3 is 9.13 Å². The summed E-state index contributed by atoms with van der Waals surface area (Å²) < 4.78 is 4.75. The van der Waals surface area contributed by atoms with Gasteiger partial charge in [0, 0.05) is 55.2 Å². The fourth-order valence-corrected chi connectivity index (χ4v) is 11.5. The van der Waals surface area contributed by atoms with Crippen molar-refractivity contribution in [1.29, 1.82) is 0 Å². The Morgan fingerprint density at radius 1 is 0.253 bits per heavy atom. The Hall–Kier alpha value is -10.2. The standard InChI is InChI=1S/C67H42N8/c1-5-21-43(22-6-1)61-68-62(44-23-7-2-8-24-44)71-65(70-61)67(66-72-63(45-25-9-3-10-26-45)69-64(73-66)46-27-11-4-12-28-46)55-41-47(74-57-33-17-13-29-51(57)52-30-14-18-34-58(52)74)37-39-49(55)50-40-38-48(42-56(50)67)75-59-35-19-15-31-53(59)54-32-16-20-36-60(54)75/h1-42H. The fraction of sp³-hybridized carbons (Fsp3) is 0.0149. The second-order valence-electron chi connectivity index (χ2n) is 19.0. The van der Waals surface area contributed by atoms with Gasteiger partial charge in [-0.1, -0.05) is 206 Å². The van der Waals surface area contributed by atoms with Crippen LogP contribution in [0.4, 0.5) is 0 Å². The number of hydrogen-bond donors (Lipinski definition) is 0. The molecule has 0 aliphatic heterocycles. The SMILES string of the molecule is c1ccc(-c2nc(-c3ccccc3)nc(C3(c4nc(-c5ccccc5)nc(-c5ccccc5)n4)c4cc(-n5c6ccccc6c6ccccc65)ccc4-c4ccc(-n5c6ccccc6c6ccccc65)cc43)n2)cc1. The molecule has 0 atom stereocenters. The molecule has 0 radical (unpaired) electrons. The normalized spacial score (nSPS) is 12.6. The summed E-state index contributed by atoms with van der Waals surface area (Å²) in [5, 5.41) is 4.70. The molecule has 1 aliphatic rings. The lowest BCUT2D eigenvalue weighted by molar-refractivity contribution is 0.639. The lowest BCUT2D eigenvalue weighted by Gasteiger charge is -2.31. The van der Waals surface area contributed by atoms with Gasteiger partial charge in [0.2, 0.25) is 0 Å². The van der Waals surface area contributed by atoms with E-state index in [2.05, 4.69) is 191 Å². The second kappa shape index (κ2) is 17.0. The molecule has 15 rings (SSSR count). The van der Waals surface area contributed by atoms with E-state index in [1.807, 2.05) is 72.8 Å². The predicted octanol–water partition coefficient (Wildman–Crippen LogP) is 15.3. The topological polar surface area (TPSA) is 87.2 Å². The third-order valence-corrected chi connectivity index (χ3v) is 14.9. The molecule has 10 aromatic carbocycles. The highest BCUT2D eigenvalue weighted by molar-refractivity contribution is 6.10. The van der Waals surface area contributed by atoms with Crippen molar-refractivity contribution in [2.24, 2.45) is 0 Å². The van der Waals surface area contributed by atoms with E-state index in [4.69, 9.17) is 29.9 Å². The van der Waals surface area contributed by atoms with Gasteiger partial charge in [-0.05, 0) is 70.8 Å². The van der Waals surface area contributed by atoms with Crippen LogP contribution in [0.5, 0.6) is 0 Å². The Morgan fingerprint density at radius 3 is 0.813 bits per heavy atom. The Bertz CT molecular complexity index is 4010. The molecule has 0 saturated carbocycles. The summed E-state index contributed by atoms with van der Waals surface area (Å²) in [7, 11) is 0. The molecule has 75 heavy (non-hydrogen) atoms. The summed E-state index contributed by atoms with van der Waals surface area (Å²) in [6, 6.07) is 89.0. The van der Waals surface area contributed by atoms with Gasteiger partial charge in [-0.15, -0.1) is 0 Å². The Kier molecular flexibility index (Phi) is 9.62. The lowest BCUT2D eigenvalue weighted by atomic mass is 9.75. The highest BCUT2D eigenvalue weighted by Crippen LogP contribution is 2.56. The van der Waals surface area contributed by atoms with Crippen molar-refractivity contribution < 1.29 is 0 Å². The van der Waals surface area contributed by atoms with Crippen LogP contribution in [-0.4, -0.2) is 39.0 Å². The monoisotopic (exact) mass is 958 g/mol. The number of nitrogens with zero attached hydrogens (tertiary/aromatic N) is 8. The summed E-state index contributed by atoms with van der Waals surface area (Å²) >= 11 is 0. The number of para-hydroxylation sites is 4. The average Bonchev–Trinajstić information content (AvgIpc) is 4.18. The maximum atomic E-state index is 5.71. The zero-order valence-corrected chi connectivity index (χ0v) is 40.3. The second-order valence-corrected chi connectivity index (χ2v) is 19.0. The largest absolute Gasteiger partial charge is 0.309 e. The first-order valence-electron chi connectivity index (χ1n) is 25.2. The smallest absolute Gasteiger partial charge is 0.163 e. The van der Waals surface area contributed by atoms with E-state index < -0.39 is 5.41 Å². The summed E-state index contributed by atoms with van der Waals surface area (Å²) in [5.41, 5.74) is 12.3. The van der Waals surface area contributed by atoms with Gasteiger partial charge in [-0.3, -0.25) is 0 Å². The molecule has 8 heteroatoms. The predicted molar refractivity (Wildman–Crippen MR) is 301 cm³/mol. The van der Waals surface area contributed by atoms with Crippen LogP contribution < -0.4 is 0 Å². The van der Waals surface area contributed by atoms with Gasteiger partial charge >= 0.3 is 0 Å². The van der Waals surface area contributed by atoms with Crippen molar-refractivity contribution >= 4 is 43.6 Å². The molecule has 8 nitrogen and oxygen atoms in total. The number of hydrogen-bond acceptors (Lipinski definition) is 6. The van der Waals surface area contributed by atoms with Gasteiger partial charge in [0.1, 0.15) is 5.41 Å². The van der Waals surface area contributed by atoms with Crippen LogP contribution in [0.1, 0.15) is 22.8 Å². The van der Waals surface area contributed by atoms with Gasteiger partial charge in [-0.25, -0.2) is 29.9 Å². The van der Waals surface area contributed by atoms with Crippen LogP contribution >= 0.6 is 0 Å². The molecular formula is C67H42N8. The Morgan fingerprint density at radius 2 is 0.520 bits per heavy atom. The van der Waals surface area contributed by atoms with Crippen molar-refractivity contribution in [3.05, 3.63) is 278 Å². The fourth-order valence-electron chi connectivity index (χ4n) is 11.5. The van der Waals surface area contributed by atoms with Crippen molar-refractivity contribution in [3.63, 3.8) is 0 Å². The Labute approximate surface area is 431 Å². The van der Waals surface area contributed by atoms with Crippen molar-refractivity contribution in [2.75, 3.05) is 0 Å². The van der Waals surface area contributed by atoms with E-state index >= 15 is 0 Å². The highest BCUT2D eigenvalue weighted by Gasteiger charge is 2.52. The van der Waals surface area contributed by atoms with Crippen LogP contribution in [0.2, 0.25) is 0 Å². The molecule has 1 aliphatic carbocycles. The molecule has 4 heterocycles. The zero-order valence-electron chi connectivity index (χ0n) is 40.3. The molecule has 0 amide bonds. The van der Waals surface area contributed by atoms with Crippen molar-refractivity contribution in [3.8, 4) is 68.1 Å². The molecule has 0 fully saturated rings. The minimum Gasteiger partial charge on any atom is -0.309 e. The number of fused-ring (bicyclic) bond motifs is 9. The van der Waals surface area contributed by atoms with E-state index in [9.17, 15) is 0 Å². The first kappa shape index (κ1) is 42.5. The van der Waals surface area contributed by atoms with Gasteiger partial charge in [0.15, 0.2) is 34.9 Å². The molecule has 4 aromatic heterocycles. The number of aromatic nitrogens is 8. The summed E-state index contributed by atoms with van der Waals surface area (Å²) in [4.78, 5) is 33.4. The first-order valence-corrected chi connectivity index (χ1v) is 25.2. The van der Waals surface area contributed by atoms with Crippen LogP contribution in [0.3, 0.4) is 0 Å². The molecular weight excluding hydrogens is 917 g/mol. The van der Waals surface area contributed by atoms with E-state index in [1.165, 1.54) is 21.5 Å². The molecule has 0 N–H and O–H groups in total. The van der Waals surface area contributed by atoms with Crippen LogP contribution in [0.25, 0.3) is 112 Å². The minimum atomic E-state index is -1.39. The van der Waals surface area contributed by atoms with E-state index in [-0.39, 0.29) is 0 Å². The minimum absolute atomic E-state index is 0.484. The summed E-state index contributed by atoms with van der Waals surface area (Å²) in [5.74, 6) is 3.10. The molecule has 0 spiro atoms. The quantitative estimate of drug-likeness (QED) is 0.151. The third kappa shape index (κ3) is 6.63.